The van der Waals surface area contributed by atoms with E-state index in [9.17, 15) is 0 Å². The largest absolute Gasteiger partial charge is 0.339 e. The Morgan fingerprint density at radius 1 is 1.33 bits per heavy atom. The van der Waals surface area contributed by atoms with Crippen LogP contribution in [0.3, 0.4) is 0 Å². The van der Waals surface area contributed by atoms with Crippen LogP contribution in [0.5, 0.6) is 0 Å². The molecule has 0 amide bonds. The zero-order valence-corrected chi connectivity index (χ0v) is 10.4. The summed E-state index contributed by atoms with van der Waals surface area (Å²) in [4.78, 5) is 14.5. The van der Waals surface area contributed by atoms with E-state index in [1.54, 1.807) is 6.20 Å². The van der Waals surface area contributed by atoms with Gasteiger partial charge in [-0.15, -0.1) is 0 Å². The molecule has 0 spiro atoms. The number of aromatic amines is 1. The molecule has 3 heterocycles. The Balaban J connectivity index is 1.81. The van der Waals surface area contributed by atoms with Crippen LogP contribution < -0.4 is 5.32 Å². The van der Waals surface area contributed by atoms with Crippen LogP contribution >= 0.6 is 0 Å². The second-order valence-electron chi connectivity index (χ2n) is 4.67. The molecule has 0 bridgehead atoms. The minimum atomic E-state index is 0.279. The Kier molecular flexibility index (Phi) is 3.08. The fourth-order valence-corrected chi connectivity index (χ4v) is 2.25. The van der Waals surface area contributed by atoms with Gasteiger partial charge < -0.3 is 15.2 Å². The van der Waals surface area contributed by atoms with E-state index in [1.807, 2.05) is 24.4 Å². The average Bonchev–Trinajstić information content (AvgIpc) is 2.89. The quantitative estimate of drug-likeness (QED) is 0.827. The van der Waals surface area contributed by atoms with Gasteiger partial charge in [-0.3, -0.25) is 4.98 Å². The lowest BCUT2D eigenvalue weighted by atomic mass is 10.2. The maximum absolute atomic E-state index is 4.47. The minimum absolute atomic E-state index is 0.279. The van der Waals surface area contributed by atoms with Crippen LogP contribution in [-0.2, 0) is 0 Å². The smallest absolute Gasteiger partial charge is 0.125 e. The third-order valence-electron chi connectivity index (χ3n) is 3.24. The highest BCUT2D eigenvalue weighted by Gasteiger charge is 2.20. The molecule has 3 rings (SSSR count). The highest BCUT2D eigenvalue weighted by molar-refractivity contribution is 5.52. The van der Waals surface area contributed by atoms with Crippen LogP contribution in [0.1, 0.15) is 11.9 Å². The molecular formula is C13H17N5. The summed E-state index contributed by atoms with van der Waals surface area (Å²) in [6.07, 6.45) is 3.65. The average molecular weight is 243 g/mol. The summed E-state index contributed by atoms with van der Waals surface area (Å²) < 4.78 is 0. The Labute approximate surface area is 106 Å². The second kappa shape index (κ2) is 4.88. The number of pyridine rings is 1. The summed E-state index contributed by atoms with van der Waals surface area (Å²) in [7, 11) is 2.14. The lowest BCUT2D eigenvalue weighted by Crippen LogP contribution is -2.44. The van der Waals surface area contributed by atoms with E-state index in [1.165, 1.54) is 0 Å². The molecule has 5 nitrogen and oxygen atoms in total. The van der Waals surface area contributed by atoms with E-state index in [0.717, 1.165) is 36.8 Å². The summed E-state index contributed by atoms with van der Waals surface area (Å²) in [5.41, 5.74) is 1.90. The third-order valence-corrected chi connectivity index (χ3v) is 3.24. The van der Waals surface area contributed by atoms with Gasteiger partial charge in [0.2, 0.25) is 0 Å². The van der Waals surface area contributed by atoms with Crippen molar-refractivity contribution in [3.63, 3.8) is 0 Å². The van der Waals surface area contributed by atoms with Crippen LogP contribution in [0, 0.1) is 0 Å². The number of imidazole rings is 1. The highest BCUT2D eigenvalue weighted by atomic mass is 15.2. The lowest BCUT2D eigenvalue weighted by molar-refractivity contribution is 0.236. The first-order chi connectivity index (χ1) is 8.83. The SMILES string of the molecule is CN1CCNC(c2ncc(-c3ccccn3)[nH]2)C1. The lowest BCUT2D eigenvalue weighted by Gasteiger charge is -2.29. The number of nitrogens with zero attached hydrogens (tertiary/aromatic N) is 3. The maximum Gasteiger partial charge on any atom is 0.125 e. The molecule has 0 radical (unpaired) electrons. The third kappa shape index (κ3) is 2.27. The van der Waals surface area contributed by atoms with Crippen LogP contribution in [0.15, 0.2) is 30.6 Å². The molecule has 2 aromatic rings. The van der Waals surface area contributed by atoms with E-state index < -0.39 is 0 Å². The van der Waals surface area contributed by atoms with Gasteiger partial charge in [0.25, 0.3) is 0 Å². The number of likely N-dealkylation sites (N-methyl/N-ethyl adjacent to an activating group) is 1. The molecule has 1 saturated heterocycles. The van der Waals surface area contributed by atoms with Crippen molar-refractivity contribution in [3.8, 4) is 11.4 Å². The van der Waals surface area contributed by atoms with Crippen molar-refractivity contribution in [1.82, 2.24) is 25.2 Å². The standard InChI is InChI=1S/C13H17N5/c1-18-7-6-15-12(9-18)13-16-8-11(17-13)10-4-2-3-5-14-10/h2-5,8,12,15H,6-7,9H2,1H3,(H,16,17). The van der Waals surface area contributed by atoms with Gasteiger partial charge in [0.15, 0.2) is 0 Å². The van der Waals surface area contributed by atoms with Gasteiger partial charge in [-0.1, -0.05) is 6.07 Å². The van der Waals surface area contributed by atoms with Gasteiger partial charge in [0, 0.05) is 25.8 Å². The Bertz CT molecular complexity index is 507. The first kappa shape index (κ1) is 11.4. The molecular weight excluding hydrogens is 226 g/mol. The topological polar surface area (TPSA) is 56.8 Å². The molecule has 0 saturated carbocycles. The Morgan fingerprint density at radius 3 is 3.06 bits per heavy atom. The van der Waals surface area contributed by atoms with Crippen molar-refractivity contribution in [2.45, 2.75) is 6.04 Å². The summed E-state index contributed by atoms with van der Waals surface area (Å²) in [6.45, 7) is 3.07. The number of rotatable bonds is 2. The number of nitrogens with one attached hydrogen (secondary N) is 2. The predicted molar refractivity (Wildman–Crippen MR) is 70.1 cm³/mol. The van der Waals surface area contributed by atoms with Crippen molar-refractivity contribution in [1.29, 1.82) is 0 Å². The van der Waals surface area contributed by atoms with Crippen LogP contribution in [-0.4, -0.2) is 46.5 Å². The number of aromatic nitrogens is 3. The summed E-state index contributed by atoms with van der Waals surface area (Å²) in [5.74, 6) is 0.988. The molecule has 94 valence electrons. The fraction of sp³-hybridized carbons (Fsp3) is 0.385. The first-order valence-corrected chi connectivity index (χ1v) is 6.21. The van der Waals surface area contributed by atoms with Crippen molar-refractivity contribution >= 4 is 0 Å². The van der Waals surface area contributed by atoms with Crippen LogP contribution in [0.4, 0.5) is 0 Å². The second-order valence-corrected chi connectivity index (χ2v) is 4.67. The Hall–Kier alpha value is -1.72. The molecule has 0 aliphatic carbocycles. The molecule has 1 unspecified atom stereocenters. The molecule has 5 heteroatoms. The molecule has 2 N–H and O–H groups in total. The maximum atomic E-state index is 4.47. The summed E-state index contributed by atoms with van der Waals surface area (Å²) in [5, 5.41) is 3.47. The molecule has 2 aromatic heterocycles. The predicted octanol–water partition coefficient (Wildman–Crippen LogP) is 1.05. The zero-order valence-electron chi connectivity index (χ0n) is 10.4. The van der Waals surface area contributed by atoms with Gasteiger partial charge in [-0.25, -0.2) is 4.98 Å². The van der Waals surface area contributed by atoms with Gasteiger partial charge in [0.1, 0.15) is 5.82 Å². The fourth-order valence-electron chi connectivity index (χ4n) is 2.25. The van der Waals surface area contributed by atoms with Crippen LogP contribution in [0.25, 0.3) is 11.4 Å². The van der Waals surface area contributed by atoms with E-state index in [-0.39, 0.29) is 6.04 Å². The van der Waals surface area contributed by atoms with Gasteiger partial charge >= 0.3 is 0 Å². The number of hydrogen-bond acceptors (Lipinski definition) is 4. The minimum Gasteiger partial charge on any atom is -0.339 e. The summed E-state index contributed by atoms with van der Waals surface area (Å²) >= 11 is 0. The molecule has 0 aromatic carbocycles. The zero-order chi connectivity index (χ0) is 12.4. The van der Waals surface area contributed by atoms with Crippen molar-refractivity contribution in [2.75, 3.05) is 26.7 Å². The van der Waals surface area contributed by atoms with Gasteiger partial charge in [-0.05, 0) is 19.2 Å². The molecule has 1 atom stereocenters. The van der Waals surface area contributed by atoms with Crippen LogP contribution in [0.2, 0.25) is 0 Å². The van der Waals surface area contributed by atoms with Crippen molar-refractivity contribution < 1.29 is 0 Å². The highest BCUT2D eigenvalue weighted by Crippen LogP contribution is 2.18. The monoisotopic (exact) mass is 243 g/mol. The number of H-pyrrole nitrogens is 1. The van der Waals surface area contributed by atoms with E-state index in [2.05, 4.69) is 32.2 Å². The number of piperazine rings is 1. The number of hydrogen-bond donors (Lipinski definition) is 2. The molecule has 18 heavy (non-hydrogen) atoms. The Morgan fingerprint density at radius 2 is 2.28 bits per heavy atom. The van der Waals surface area contributed by atoms with E-state index in [4.69, 9.17) is 0 Å². The van der Waals surface area contributed by atoms with E-state index in [0.29, 0.717) is 0 Å². The van der Waals surface area contributed by atoms with Gasteiger partial charge in [0.05, 0.1) is 23.6 Å². The first-order valence-electron chi connectivity index (χ1n) is 6.21. The van der Waals surface area contributed by atoms with Crippen molar-refractivity contribution in [3.05, 3.63) is 36.4 Å². The van der Waals surface area contributed by atoms with Crippen molar-refractivity contribution in [2.24, 2.45) is 0 Å². The summed E-state index contributed by atoms with van der Waals surface area (Å²) in [6, 6.07) is 6.16. The normalized spacial score (nSPS) is 21.1. The molecule has 1 aliphatic heterocycles. The van der Waals surface area contributed by atoms with Gasteiger partial charge in [-0.2, -0.15) is 0 Å². The molecule has 1 aliphatic rings. The molecule has 1 fully saturated rings. The van der Waals surface area contributed by atoms with E-state index >= 15 is 0 Å².